The molecule has 33 heavy (non-hydrogen) atoms. The van der Waals surface area contributed by atoms with E-state index in [0.29, 0.717) is 29.0 Å². The molecule has 0 saturated carbocycles. The zero-order chi connectivity index (χ0) is 23.5. The summed E-state index contributed by atoms with van der Waals surface area (Å²) in [6, 6.07) is 13.9. The first kappa shape index (κ1) is 21.9. The van der Waals surface area contributed by atoms with Crippen LogP contribution in [0, 0.1) is 33.5 Å². The van der Waals surface area contributed by atoms with Gasteiger partial charge in [0.1, 0.15) is 17.4 Å². The van der Waals surface area contributed by atoms with Crippen LogP contribution >= 0.6 is 0 Å². The molecule has 0 aliphatic rings. The molecule has 0 saturated heterocycles. The molecule has 2 heterocycles. The molecule has 0 aliphatic heterocycles. The lowest BCUT2D eigenvalue weighted by molar-refractivity contribution is 0.262. The van der Waals surface area contributed by atoms with E-state index in [-0.39, 0.29) is 5.69 Å². The van der Waals surface area contributed by atoms with Crippen molar-refractivity contribution in [3.8, 4) is 17.4 Å². The predicted molar refractivity (Wildman–Crippen MR) is 124 cm³/mol. The highest BCUT2D eigenvalue weighted by Crippen LogP contribution is 2.24. The summed E-state index contributed by atoms with van der Waals surface area (Å²) in [5, 5.41) is 9.67. The van der Waals surface area contributed by atoms with Gasteiger partial charge in [-0.05, 0) is 69.7 Å². The molecule has 4 aromatic rings. The van der Waals surface area contributed by atoms with Crippen molar-refractivity contribution in [2.45, 2.75) is 27.7 Å². The van der Waals surface area contributed by atoms with Crippen molar-refractivity contribution >= 4 is 17.4 Å². The number of hydrogen-bond donors (Lipinski definition) is 2. The van der Waals surface area contributed by atoms with Gasteiger partial charge in [-0.15, -0.1) is 0 Å². The maximum absolute atomic E-state index is 13.7. The SMILES string of the molecule is Cc1nc(Oc2ccc(NC(=O)Nc3ccccc3F)cc2)cc(-n2nc(C)c(C)c2C)n1. The number of para-hydroxylation sites is 1. The molecule has 2 N–H and O–H groups in total. The molecule has 8 nitrogen and oxygen atoms in total. The highest BCUT2D eigenvalue weighted by molar-refractivity contribution is 5.99. The Morgan fingerprint density at radius 1 is 0.970 bits per heavy atom. The summed E-state index contributed by atoms with van der Waals surface area (Å²) in [4.78, 5) is 21.0. The number of nitrogens with zero attached hydrogens (tertiary/aromatic N) is 4. The summed E-state index contributed by atoms with van der Waals surface area (Å²) < 4.78 is 21.4. The van der Waals surface area contributed by atoms with Crippen LogP contribution in [0.2, 0.25) is 0 Å². The van der Waals surface area contributed by atoms with Gasteiger partial charge in [-0.1, -0.05) is 12.1 Å². The molecule has 2 aromatic carbocycles. The third-order valence-corrected chi connectivity index (χ3v) is 5.13. The second kappa shape index (κ2) is 9.07. The monoisotopic (exact) mass is 446 g/mol. The number of benzene rings is 2. The molecule has 2 amide bonds. The zero-order valence-electron chi connectivity index (χ0n) is 18.7. The van der Waals surface area contributed by atoms with Gasteiger partial charge in [-0.2, -0.15) is 10.1 Å². The maximum atomic E-state index is 13.7. The predicted octanol–water partition coefficient (Wildman–Crippen LogP) is 5.47. The van der Waals surface area contributed by atoms with Crippen LogP contribution in [0.15, 0.2) is 54.6 Å². The molecule has 168 valence electrons. The molecule has 9 heteroatoms. The fraction of sp³-hybridized carbons (Fsp3) is 0.167. The van der Waals surface area contributed by atoms with E-state index < -0.39 is 11.8 Å². The summed E-state index contributed by atoms with van der Waals surface area (Å²) in [5.74, 6) is 1.57. The first-order chi connectivity index (χ1) is 15.8. The Bertz CT molecular complexity index is 1320. The van der Waals surface area contributed by atoms with Gasteiger partial charge in [0.2, 0.25) is 5.88 Å². The summed E-state index contributed by atoms with van der Waals surface area (Å²) in [5.41, 5.74) is 3.67. The van der Waals surface area contributed by atoms with Crippen molar-refractivity contribution in [2.75, 3.05) is 10.6 Å². The van der Waals surface area contributed by atoms with E-state index in [1.807, 2.05) is 20.8 Å². The molecule has 0 bridgehead atoms. The fourth-order valence-electron chi connectivity index (χ4n) is 3.20. The van der Waals surface area contributed by atoms with Gasteiger partial charge in [0.05, 0.1) is 11.4 Å². The summed E-state index contributed by atoms with van der Waals surface area (Å²) >= 11 is 0. The van der Waals surface area contributed by atoms with Gasteiger partial charge >= 0.3 is 6.03 Å². The van der Waals surface area contributed by atoms with Crippen LogP contribution in [0.25, 0.3) is 5.82 Å². The molecule has 0 atom stereocenters. The maximum Gasteiger partial charge on any atom is 0.323 e. The van der Waals surface area contributed by atoms with Gasteiger partial charge in [0.25, 0.3) is 0 Å². The minimum absolute atomic E-state index is 0.0997. The largest absolute Gasteiger partial charge is 0.439 e. The lowest BCUT2D eigenvalue weighted by Crippen LogP contribution is -2.20. The number of hydrogen-bond acceptors (Lipinski definition) is 5. The Labute approximate surface area is 190 Å². The number of anilines is 2. The van der Waals surface area contributed by atoms with Crippen molar-refractivity contribution < 1.29 is 13.9 Å². The Balaban J connectivity index is 1.46. The Hall–Kier alpha value is -4.27. The smallest absolute Gasteiger partial charge is 0.323 e. The molecule has 0 unspecified atom stereocenters. The first-order valence-electron chi connectivity index (χ1n) is 10.3. The average Bonchev–Trinajstić information content (AvgIpc) is 3.04. The topological polar surface area (TPSA) is 94.0 Å². The van der Waals surface area contributed by atoms with Crippen molar-refractivity contribution in [2.24, 2.45) is 0 Å². The number of rotatable bonds is 5. The number of amides is 2. The average molecular weight is 446 g/mol. The third-order valence-electron chi connectivity index (χ3n) is 5.13. The summed E-state index contributed by atoms with van der Waals surface area (Å²) in [6.07, 6.45) is 0. The molecule has 0 spiro atoms. The van der Waals surface area contributed by atoms with Crippen molar-refractivity contribution in [3.63, 3.8) is 0 Å². The van der Waals surface area contributed by atoms with Crippen molar-refractivity contribution in [1.29, 1.82) is 0 Å². The third kappa shape index (κ3) is 4.98. The quantitative estimate of drug-likeness (QED) is 0.424. The zero-order valence-corrected chi connectivity index (χ0v) is 18.7. The number of nitrogens with one attached hydrogen (secondary N) is 2. The molecule has 2 aromatic heterocycles. The van der Waals surface area contributed by atoms with Crippen LogP contribution in [0.4, 0.5) is 20.6 Å². The Kier molecular flexibility index (Phi) is 6.03. The number of ether oxygens (including phenoxy) is 1. The first-order valence-corrected chi connectivity index (χ1v) is 10.3. The van der Waals surface area contributed by atoms with Gasteiger partial charge in [-0.3, -0.25) is 0 Å². The molecular formula is C24H23FN6O2. The number of aryl methyl sites for hydroxylation is 2. The number of aromatic nitrogens is 4. The van der Waals surface area contributed by atoms with E-state index in [1.54, 1.807) is 54.1 Å². The number of carbonyl (C=O) groups excluding carboxylic acids is 1. The molecular weight excluding hydrogens is 423 g/mol. The van der Waals surface area contributed by atoms with Gasteiger partial charge in [0.15, 0.2) is 5.82 Å². The van der Waals surface area contributed by atoms with E-state index in [1.165, 1.54) is 12.1 Å². The van der Waals surface area contributed by atoms with E-state index in [0.717, 1.165) is 17.0 Å². The Morgan fingerprint density at radius 3 is 2.36 bits per heavy atom. The lowest BCUT2D eigenvalue weighted by Gasteiger charge is -2.11. The van der Waals surface area contributed by atoms with E-state index in [9.17, 15) is 9.18 Å². The Morgan fingerprint density at radius 2 is 1.70 bits per heavy atom. The number of urea groups is 1. The van der Waals surface area contributed by atoms with Crippen LogP contribution in [0.1, 0.15) is 22.8 Å². The van der Waals surface area contributed by atoms with Crippen LogP contribution in [-0.4, -0.2) is 25.8 Å². The number of halogens is 1. The normalized spacial score (nSPS) is 10.7. The molecule has 0 aliphatic carbocycles. The van der Waals surface area contributed by atoms with Crippen molar-refractivity contribution in [3.05, 3.63) is 83.2 Å². The van der Waals surface area contributed by atoms with Gasteiger partial charge in [-0.25, -0.2) is 18.9 Å². The minimum atomic E-state index is -0.551. The second-order valence-corrected chi connectivity index (χ2v) is 7.50. The van der Waals surface area contributed by atoms with Gasteiger partial charge < -0.3 is 15.4 Å². The van der Waals surface area contributed by atoms with Crippen LogP contribution in [0.5, 0.6) is 11.6 Å². The van der Waals surface area contributed by atoms with Crippen LogP contribution in [-0.2, 0) is 0 Å². The molecule has 0 fully saturated rings. The van der Waals surface area contributed by atoms with E-state index in [4.69, 9.17) is 4.74 Å². The van der Waals surface area contributed by atoms with Crippen molar-refractivity contribution in [1.82, 2.24) is 19.7 Å². The van der Waals surface area contributed by atoms with E-state index >= 15 is 0 Å². The summed E-state index contributed by atoms with van der Waals surface area (Å²) in [7, 11) is 0. The lowest BCUT2D eigenvalue weighted by atomic mass is 10.2. The van der Waals surface area contributed by atoms with Crippen LogP contribution in [0.3, 0.4) is 0 Å². The van der Waals surface area contributed by atoms with Crippen LogP contribution < -0.4 is 15.4 Å². The van der Waals surface area contributed by atoms with E-state index in [2.05, 4.69) is 25.7 Å². The highest BCUT2D eigenvalue weighted by Gasteiger charge is 2.13. The fourth-order valence-corrected chi connectivity index (χ4v) is 3.20. The minimum Gasteiger partial charge on any atom is -0.439 e. The standard InChI is InChI=1S/C24H23FN6O2/c1-14-15(2)30-31(16(14)3)22-13-23(27-17(4)26-22)33-19-11-9-18(10-12-19)28-24(32)29-21-8-6-5-7-20(21)25/h5-13H,1-4H3,(H2,28,29,32). The number of carbonyl (C=O) groups is 1. The molecule has 0 radical (unpaired) electrons. The summed E-state index contributed by atoms with van der Waals surface area (Å²) in [6.45, 7) is 7.75. The van der Waals surface area contributed by atoms with Gasteiger partial charge in [0, 0.05) is 17.4 Å². The molecule has 4 rings (SSSR count). The second-order valence-electron chi connectivity index (χ2n) is 7.50. The highest BCUT2D eigenvalue weighted by atomic mass is 19.1.